The third-order valence-corrected chi connectivity index (χ3v) is 3.07. The van der Waals surface area contributed by atoms with Crippen LogP contribution < -0.4 is 5.32 Å². The average Bonchev–Trinajstić information content (AvgIpc) is 2.67. The second-order valence-electron chi connectivity index (χ2n) is 4.42. The molecule has 0 heterocycles. The maximum Gasteiger partial charge on any atom is 0.401 e. The molecule has 1 saturated carbocycles. The number of rotatable bonds is 6. The van der Waals surface area contributed by atoms with Crippen molar-refractivity contribution in [2.24, 2.45) is 0 Å². The van der Waals surface area contributed by atoms with Gasteiger partial charge in [-0.1, -0.05) is 19.8 Å². The minimum absolute atomic E-state index is 0.450. The Morgan fingerprint density at radius 2 is 1.88 bits per heavy atom. The lowest BCUT2D eigenvalue weighted by Gasteiger charge is -2.23. The van der Waals surface area contributed by atoms with E-state index in [1.54, 1.807) is 6.92 Å². The molecule has 96 valence electrons. The zero-order valence-electron chi connectivity index (χ0n) is 9.82. The fourth-order valence-corrected chi connectivity index (χ4v) is 2.16. The van der Waals surface area contributed by atoms with Gasteiger partial charge in [-0.3, -0.25) is 4.90 Å². The molecule has 1 aliphatic carbocycles. The molecule has 0 aromatic heterocycles. The van der Waals surface area contributed by atoms with Crippen LogP contribution in [0.4, 0.5) is 13.2 Å². The fourth-order valence-electron chi connectivity index (χ4n) is 2.16. The molecule has 1 N–H and O–H groups in total. The molecule has 5 heteroatoms. The van der Waals surface area contributed by atoms with Gasteiger partial charge >= 0.3 is 6.18 Å². The summed E-state index contributed by atoms with van der Waals surface area (Å²) < 4.78 is 36.5. The van der Waals surface area contributed by atoms with E-state index in [9.17, 15) is 13.2 Å². The molecule has 0 radical (unpaired) electrons. The standard InChI is InChI=1S/C11H21F3N2/c1-2-16(9-11(12,13)14)8-7-15-10-5-3-4-6-10/h10,15H,2-9H2,1H3. The second kappa shape index (κ2) is 6.45. The summed E-state index contributed by atoms with van der Waals surface area (Å²) in [5.74, 6) is 0. The Morgan fingerprint density at radius 1 is 1.25 bits per heavy atom. The van der Waals surface area contributed by atoms with Crippen molar-refractivity contribution >= 4 is 0 Å². The molecular formula is C11H21F3N2. The van der Waals surface area contributed by atoms with Crippen LogP contribution in [0.2, 0.25) is 0 Å². The molecule has 16 heavy (non-hydrogen) atoms. The topological polar surface area (TPSA) is 15.3 Å². The minimum Gasteiger partial charge on any atom is -0.313 e. The molecule has 0 amide bonds. The quantitative estimate of drug-likeness (QED) is 0.764. The van der Waals surface area contributed by atoms with E-state index in [4.69, 9.17) is 0 Å². The largest absolute Gasteiger partial charge is 0.401 e. The van der Waals surface area contributed by atoms with Crippen molar-refractivity contribution in [3.63, 3.8) is 0 Å². The van der Waals surface area contributed by atoms with Gasteiger partial charge in [0, 0.05) is 19.1 Å². The van der Waals surface area contributed by atoms with Crippen molar-refractivity contribution < 1.29 is 13.2 Å². The Bertz CT molecular complexity index is 188. The van der Waals surface area contributed by atoms with E-state index in [-0.39, 0.29) is 0 Å². The van der Waals surface area contributed by atoms with Gasteiger partial charge in [0.15, 0.2) is 0 Å². The van der Waals surface area contributed by atoms with Crippen LogP contribution in [0.5, 0.6) is 0 Å². The maximum absolute atomic E-state index is 12.2. The van der Waals surface area contributed by atoms with Crippen LogP contribution in [0.25, 0.3) is 0 Å². The van der Waals surface area contributed by atoms with Gasteiger partial charge in [0.05, 0.1) is 6.54 Å². The molecule has 0 bridgehead atoms. The number of hydrogen-bond donors (Lipinski definition) is 1. The van der Waals surface area contributed by atoms with E-state index in [1.165, 1.54) is 30.6 Å². The summed E-state index contributed by atoms with van der Waals surface area (Å²) in [6.07, 6.45) is 0.760. The highest BCUT2D eigenvalue weighted by Crippen LogP contribution is 2.18. The first kappa shape index (κ1) is 13.8. The van der Waals surface area contributed by atoms with Crippen LogP contribution in [0, 0.1) is 0 Å². The molecule has 0 atom stereocenters. The summed E-state index contributed by atoms with van der Waals surface area (Å²) in [5.41, 5.74) is 0. The Labute approximate surface area is 95.2 Å². The van der Waals surface area contributed by atoms with Crippen molar-refractivity contribution in [3.8, 4) is 0 Å². The van der Waals surface area contributed by atoms with Crippen LogP contribution in [0.1, 0.15) is 32.6 Å². The Kier molecular flexibility index (Phi) is 5.55. The van der Waals surface area contributed by atoms with E-state index in [2.05, 4.69) is 5.32 Å². The van der Waals surface area contributed by atoms with Crippen molar-refractivity contribution in [1.29, 1.82) is 0 Å². The molecule has 0 aromatic rings. The van der Waals surface area contributed by atoms with E-state index in [0.717, 1.165) is 0 Å². The number of nitrogens with one attached hydrogen (secondary N) is 1. The van der Waals surface area contributed by atoms with Crippen LogP contribution in [0.15, 0.2) is 0 Å². The molecule has 1 aliphatic rings. The maximum atomic E-state index is 12.2. The zero-order chi connectivity index (χ0) is 12.0. The molecule has 0 aliphatic heterocycles. The van der Waals surface area contributed by atoms with Gasteiger partial charge in [0.2, 0.25) is 0 Å². The molecule has 0 saturated heterocycles. The number of likely N-dealkylation sites (N-methyl/N-ethyl adjacent to an activating group) is 1. The van der Waals surface area contributed by atoms with Gasteiger partial charge in [-0.2, -0.15) is 13.2 Å². The lowest BCUT2D eigenvalue weighted by atomic mass is 10.2. The van der Waals surface area contributed by atoms with E-state index < -0.39 is 12.7 Å². The Morgan fingerprint density at radius 3 is 2.38 bits per heavy atom. The van der Waals surface area contributed by atoms with Gasteiger partial charge in [-0.15, -0.1) is 0 Å². The van der Waals surface area contributed by atoms with Gasteiger partial charge in [0.1, 0.15) is 0 Å². The lowest BCUT2D eigenvalue weighted by Crippen LogP contribution is -2.40. The molecule has 0 spiro atoms. The first-order valence-electron chi connectivity index (χ1n) is 6.04. The minimum atomic E-state index is -4.08. The van der Waals surface area contributed by atoms with Crippen LogP contribution in [-0.2, 0) is 0 Å². The first-order valence-corrected chi connectivity index (χ1v) is 6.04. The van der Waals surface area contributed by atoms with Crippen molar-refractivity contribution in [2.45, 2.75) is 44.8 Å². The zero-order valence-corrected chi connectivity index (χ0v) is 9.82. The summed E-state index contributed by atoms with van der Waals surface area (Å²) in [6.45, 7) is 2.56. The van der Waals surface area contributed by atoms with Gasteiger partial charge in [-0.05, 0) is 19.4 Å². The number of nitrogens with zero attached hydrogens (tertiary/aromatic N) is 1. The van der Waals surface area contributed by atoms with Crippen molar-refractivity contribution in [3.05, 3.63) is 0 Å². The number of hydrogen-bond acceptors (Lipinski definition) is 2. The summed E-state index contributed by atoms with van der Waals surface area (Å²) in [5, 5.41) is 3.32. The summed E-state index contributed by atoms with van der Waals surface area (Å²) in [4.78, 5) is 1.43. The average molecular weight is 238 g/mol. The van der Waals surface area contributed by atoms with Crippen LogP contribution >= 0.6 is 0 Å². The van der Waals surface area contributed by atoms with Crippen LogP contribution in [-0.4, -0.2) is 43.3 Å². The predicted octanol–water partition coefficient (Wildman–Crippen LogP) is 2.40. The predicted molar refractivity (Wildman–Crippen MR) is 58.4 cm³/mol. The highest BCUT2D eigenvalue weighted by Gasteiger charge is 2.29. The highest BCUT2D eigenvalue weighted by molar-refractivity contribution is 4.74. The van der Waals surface area contributed by atoms with E-state index in [1.807, 2.05) is 0 Å². The smallest absolute Gasteiger partial charge is 0.313 e. The van der Waals surface area contributed by atoms with Crippen LogP contribution in [0.3, 0.4) is 0 Å². The van der Waals surface area contributed by atoms with E-state index >= 15 is 0 Å². The van der Waals surface area contributed by atoms with E-state index in [0.29, 0.717) is 25.7 Å². The Hall–Kier alpha value is -0.290. The second-order valence-corrected chi connectivity index (χ2v) is 4.42. The molecule has 1 rings (SSSR count). The third kappa shape index (κ3) is 5.70. The molecule has 0 aromatic carbocycles. The molecular weight excluding hydrogens is 217 g/mol. The summed E-state index contributed by atoms with van der Waals surface area (Å²) in [7, 11) is 0. The highest BCUT2D eigenvalue weighted by atomic mass is 19.4. The van der Waals surface area contributed by atoms with Crippen molar-refractivity contribution in [2.75, 3.05) is 26.2 Å². The fraction of sp³-hybridized carbons (Fsp3) is 1.00. The molecule has 2 nitrogen and oxygen atoms in total. The SMILES string of the molecule is CCN(CCNC1CCCC1)CC(F)(F)F. The normalized spacial score (nSPS) is 18.6. The summed E-state index contributed by atoms with van der Waals surface area (Å²) in [6, 6.07) is 0.532. The lowest BCUT2D eigenvalue weighted by molar-refractivity contribution is -0.145. The molecule has 0 unspecified atom stereocenters. The number of halogens is 3. The van der Waals surface area contributed by atoms with Crippen molar-refractivity contribution in [1.82, 2.24) is 10.2 Å². The Balaban J connectivity index is 2.13. The van der Waals surface area contributed by atoms with Gasteiger partial charge in [-0.25, -0.2) is 0 Å². The first-order chi connectivity index (χ1) is 7.51. The summed E-state index contributed by atoms with van der Waals surface area (Å²) >= 11 is 0. The monoisotopic (exact) mass is 238 g/mol. The van der Waals surface area contributed by atoms with Gasteiger partial charge in [0.25, 0.3) is 0 Å². The number of alkyl halides is 3. The third-order valence-electron chi connectivity index (χ3n) is 3.07. The molecule has 1 fully saturated rings. The van der Waals surface area contributed by atoms with Gasteiger partial charge < -0.3 is 5.32 Å².